The molecule has 2 atom stereocenters. The lowest BCUT2D eigenvalue weighted by Crippen LogP contribution is -2.50. The summed E-state index contributed by atoms with van der Waals surface area (Å²) in [6.45, 7) is 5.93. The first-order chi connectivity index (χ1) is 14.7. The van der Waals surface area contributed by atoms with E-state index in [9.17, 15) is 9.59 Å². The van der Waals surface area contributed by atoms with E-state index in [2.05, 4.69) is 5.32 Å². The van der Waals surface area contributed by atoms with Gasteiger partial charge in [-0.05, 0) is 49.6 Å². The van der Waals surface area contributed by atoms with Gasteiger partial charge in [-0.15, -0.1) is 11.8 Å². The number of carbonyl (C=O) groups is 2. The molecule has 0 aliphatic rings. The van der Waals surface area contributed by atoms with Crippen molar-refractivity contribution in [2.24, 2.45) is 0 Å². The Morgan fingerprint density at radius 3 is 2.23 bits per heavy atom. The second-order valence-electron chi connectivity index (χ2n) is 7.30. The number of hydrogen-bond donors (Lipinski definition) is 1. The van der Waals surface area contributed by atoms with Gasteiger partial charge in [0.15, 0.2) is 0 Å². The van der Waals surface area contributed by atoms with Gasteiger partial charge in [0.05, 0.1) is 5.75 Å². The van der Waals surface area contributed by atoms with E-state index in [0.717, 1.165) is 17.5 Å². The summed E-state index contributed by atoms with van der Waals surface area (Å²) in [7, 11) is 0. The SMILES string of the molecule is CCC(C)NC(=O)C(C)N(Cc1ccccc1Cl)C(=O)CSCc1c(Cl)cccc1Cl. The number of halogens is 3. The Labute approximate surface area is 203 Å². The van der Waals surface area contributed by atoms with Crippen LogP contribution in [0.15, 0.2) is 42.5 Å². The summed E-state index contributed by atoms with van der Waals surface area (Å²) in [5.74, 6) is 0.346. The van der Waals surface area contributed by atoms with Crippen LogP contribution in [0.1, 0.15) is 38.3 Å². The second-order valence-corrected chi connectivity index (χ2v) is 9.51. The molecule has 8 heteroatoms. The zero-order chi connectivity index (χ0) is 23.0. The van der Waals surface area contributed by atoms with Crippen molar-refractivity contribution in [2.75, 3.05) is 5.75 Å². The minimum absolute atomic E-state index is 0.0314. The van der Waals surface area contributed by atoms with E-state index in [0.29, 0.717) is 20.8 Å². The van der Waals surface area contributed by atoms with Crippen LogP contribution in [0.25, 0.3) is 0 Å². The number of nitrogens with zero attached hydrogens (tertiary/aromatic N) is 1. The third-order valence-electron chi connectivity index (χ3n) is 5.00. The van der Waals surface area contributed by atoms with Crippen molar-refractivity contribution in [1.82, 2.24) is 10.2 Å². The van der Waals surface area contributed by atoms with Gasteiger partial charge in [0.25, 0.3) is 0 Å². The number of rotatable bonds is 10. The summed E-state index contributed by atoms with van der Waals surface area (Å²) in [6, 6.07) is 12.1. The lowest BCUT2D eigenvalue weighted by molar-refractivity contribution is -0.138. The van der Waals surface area contributed by atoms with E-state index in [1.165, 1.54) is 11.8 Å². The molecule has 0 radical (unpaired) electrons. The average Bonchev–Trinajstić information content (AvgIpc) is 2.74. The van der Waals surface area contributed by atoms with Crippen molar-refractivity contribution >= 4 is 58.4 Å². The first kappa shape index (κ1) is 25.9. The Bertz CT molecular complexity index is 890. The normalized spacial score (nSPS) is 12.8. The van der Waals surface area contributed by atoms with Crippen molar-refractivity contribution in [3.63, 3.8) is 0 Å². The highest BCUT2D eigenvalue weighted by molar-refractivity contribution is 7.99. The van der Waals surface area contributed by atoms with Crippen molar-refractivity contribution in [3.8, 4) is 0 Å². The third kappa shape index (κ3) is 7.60. The van der Waals surface area contributed by atoms with Gasteiger partial charge in [-0.25, -0.2) is 0 Å². The molecule has 168 valence electrons. The van der Waals surface area contributed by atoms with Gasteiger partial charge in [0, 0.05) is 33.4 Å². The summed E-state index contributed by atoms with van der Waals surface area (Å²) < 4.78 is 0. The maximum absolute atomic E-state index is 13.1. The van der Waals surface area contributed by atoms with Gasteiger partial charge in [0.2, 0.25) is 11.8 Å². The fourth-order valence-electron chi connectivity index (χ4n) is 2.85. The van der Waals surface area contributed by atoms with Gasteiger partial charge < -0.3 is 10.2 Å². The smallest absolute Gasteiger partial charge is 0.242 e. The molecule has 0 saturated heterocycles. The summed E-state index contributed by atoms with van der Waals surface area (Å²) in [6.07, 6.45) is 0.811. The molecule has 2 rings (SSSR count). The molecule has 0 spiro atoms. The van der Waals surface area contributed by atoms with Crippen LogP contribution in [0.2, 0.25) is 15.1 Å². The molecule has 0 saturated carbocycles. The third-order valence-corrected chi connectivity index (χ3v) is 7.02. The highest BCUT2D eigenvalue weighted by atomic mass is 35.5. The molecule has 2 aromatic rings. The maximum atomic E-state index is 13.1. The molecule has 0 aromatic heterocycles. The van der Waals surface area contributed by atoms with Crippen LogP contribution in [0.5, 0.6) is 0 Å². The average molecular weight is 502 g/mol. The molecule has 31 heavy (non-hydrogen) atoms. The zero-order valence-electron chi connectivity index (χ0n) is 17.8. The number of amides is 2. The van der Waals surface area contributed by atoms with Crippen LogP contribution in [-0.4, -0.2) is 34.6 Å². The molecular weight excluding hydrogens is 475 g/mol. The lowest BCUT2D eigenvalue weighted by Gasteiger charge is -2.30. The van der Waals surface area contributed by atoms with Crippen LogP contribution in [0, 0.1) is 0 Å². The molecule has 2 unspecified atom stereocenters. The standard InChI is InChI=1S/C23H27Cl3N2O2S/c1-4-15(2)27-23(30)16(3)28(12-17-8-5-6-9-19(17)24)22(29)14-31-13-18-20(25)10-7-11-21(18)26/h5-11,15-16H,4,12-14H2,1-3H3,(H,27,30). The summed E-state index contributed by atoms with van der Waals surface area (Å²) >= 11 is 20.2. The molecule has 0 aliphatic carbocycles. The molecular formula is C23H27Cl3N2O2S. The van der Waals surface area contributed by atoms with E-state index >= 15 is 0 Å². The fraction of sp³-hybridized carbons (Fsp3) is 0.391. The fourth-order valence-corrected chi connectivity index (χ4v) is 4.69. The van der Waals surface area contributed by atoms with E-state index < -0.39 is 6.04 Å². The van der Waals surface area contributed by atoms with Gasteiger partial charge in [0.1, 0.15) is 6.04 Å². The first-order valence-corrected chi connectivity index (χ1v) is 12.4. The quantitative estimate of drug-likeness (QED) is 0.421. The van der Waals surface area contributed by atoms with Crippen molar-refractivity contribution < 1.29 is 9.59 Å². The Morgan fingerprint density at radius 2 is 1.61 bits per heavy atom. The molecule has 2 aromatic carbocycles. The first-order valence-electron chi connectivity index (χ1n) is 10.1. The minimum Gasteiger partial charge on any atom is -0.352 e. The Morgan fingerprint density at radius 1 is 1.00 bits per heavy atom. The number of thioether (sulfide) groups is 1. The largest absolute Gasteiger partial charge is 0.352 e. The van der Waals surface area contributed by atoms with E-state index in [-0.39, 0.29) is 30.2 Å². The van der Waals surface area contributed by atoms with E-state index in [1.807, 2.05) is 32.0 Å². The van der Waals surface area contributed by atoms with Crippen LogP contribution in [-0.2, 0) is 21.9 Å². The Hall–Kier alpha value is -1.40. The zero-order valence-corrected chi connectivity index (χ0v) is 20.9. The van der Waals surface area contributed by atoms with Crippen LogP contribution in [0.4, 0.5) is 0 Å². The lowest BCUT2D eigenvalue weighted by atomic mass is 10.1. The monoisotopic (exact) mass is 500 g/mol. The molecule has 2 amide bonds. The second kappa shape index (κ2) is 12.6. The predicted molar refractivity (Wildman–Crippen MR) is 132 cm³/mol. The van der Waals surface area contributed by atoms with Gasteiger partial charge >= 0.3 is 0 Å². The van der Waals surface area contributed by atoms with Gasteiger partial charge in [-0.1, -0.05) is 66.0 Å². The molecule has 4 nitrogen and oxygen atoms in total. The van der Waals surface area contributed by atoms with Crippen LogP contribution in [0.3, 0.4) is 0 Å². The van der Waals surface area contributed by atoms with E-state index in [4.69, 9.17) is 34.8 Å². The van der Waals surface area contributed by atoms with E-state index in [1.54, 1.807) is 36.1 Å². The molecule has 0 bridgehead atoms. The molecule has 0 aliphatic heterocycles. The topological polar surface area (TPSA) is 49.4 Å². The predicted octanol–water partition coefficient (Wildman–Crippen LogP) is 6.21. The highest BCUT2D eigenvalue weighted by Gasteiger charge is 2.27. The van der Waals surface area contributed by atoms with Gasteiger partial charge in [-0.2, -0.15) is 0 Å². The number of nitrogens with one attached hydrogen (secondary N) is 1. The number of carbonyl (C=O) groups excluding carboxylic acids is 2. The van der Waals surface area contributed by atoms with Gasteiger partial charge in [-0.3, -0.25) is 9.59 Å². The highest BCUT2D eigenvalue weighted by Crippen LogP contribution is 2.28. The van der Waals surface area contributed by atoms with Crippen molar-refractivity contribution in [2.45, 2.75) is 51.6 Å². The van der Waals surface area contributed by atoms with Crippen LogP contribution >= 0.6 is 46.6 Å². The molecule has 0 heterocycles. The Balaban J connectivity index is 2.13. The van der Waals surface area contributed by atoms with Crippen LogP contribution < -0.4 is 5.32 Å². The van der Waals surface area contributed by atoms with Crippen molar-refractivity contribution in [3.05, 3.63) is 68.7 Å². The summed E-state index contributed by atoms with van der Waals surface area (Å²) in [5.41, 5.74) is 1.59. The number of benzene rings is 2. The Kier molecular flexibility index (Phi) is 10.5. The van der Waals surface area contributed by atoms with Crippen molar-refractivity contribution in [1.29, 1.82) is 0 Å². The molecule has 0 fully saturated rings. The summed E-state index contributed by atoms with van der Waals surface area (Å²) in [5, 5.41) is 4.66. The minimum atomic E-state index is -0.637. The maximum Gasteiger partial charge on any atom is 0.242 e. The number of hydrogen-bond acceptors (Lipinski definition) is 3. The summed E-state index contributed by atoms with van der Waals surface area (Å²) in [4.78, 5) is 27.4. The molecule has 1 N–H and O–H groups in total.